The summed E-state index contributed by atoms with van der Waals surface area (Å²) in [4.78, 5) is 24.3. The molecule has 1 amide bonds. The van der Waals surface area contributed by atoms with Crippen LogP contribution in [0.2, 0.25) is 0 Å². The summed E-state index contributed by atoms with van der Waals surface area (Å²) >= 11 is 0. The van der Waals surface area contributed by atoms with Gasteiger partial charge in [-0.05, 0) is 57.0 Å². The van der Waals surface area contributed by atoms with Gasteiger partial charge < -0.3 is 9.84 Å². The van der Waals surface area contributed by atoms with Crippen molar-refractivity contribution < 1.29 is 26.9 Å². The lowest BCUT2D eigenvalue weighted by Gasteiger charge is -2.30. The van der Waals surface area contributed by atoms with Gasteiger partial charge in [0.2, 0.25) is 15.9 Å². The fourth-order valence-electron chi connectivity index (χ4n) is 4.12. The van der Waals surface area contributed by atoms with Gasteiger partial charge >= 0.3 is 0 Å². The number of amides is 1. The molecule has 3 aromatic rings. The summed E-state index contributed by atoms with van der Waals surface area (Å²) < 4.78 is 47.3. The van der Waals surface area contributed by atoms with E-state index in [0.717, 1.165) is 0 Å². The average Bonchev–Trinajstić information content (AvgIpc) is 3.24. The molecule has 0 spiro atoms. The quantitative estimate of drug-likeness (QED) is 0.467. The molecule has 1 N–H and O–H groups in total. The number of hydrogen-bond acceptors (Lipinski definition) is 6. The Morgan fingerprint density at radius 1 is 1.11 bits per heavy atom. The normalized spacial score (nSPS) is 15.3. The molecular weight excluding hydrogens is 485 g/mol. The molecule has 1 aromatic heterocycles. The van der Waals surface area contributed by atoms with Crippen molar-refractivity contribution in [3.63, 3.8) is 0 Å². The summed E-state index contributed by atoms with van der Waals surface area (Å²) in [6.07, 6.45) is 3.50. The summed E-state index contributed by atoms with van der Waals surface area (Å²) in [5, 5.41) is 6.63. The first-order valence-corrected chi connectivity index (χ1v) is 12.9. The molecule has 188 valence electrons. The van der Waals surface area contributed by atoms with Gasteiger partial charge in [0, 0.05) is 35.8 Å². The lowest BCUT2D eigenvalue weighted by molar-refractivity contribution is -0.120. The largest absolute Gasteiger partial charge is 0.355 e. The fourth-order valence-corrected chi connectivity index (χ4v) is 5.84. The number of ketones is 1. The highest BCUT2D eigenvalue weighted by molar-refractivity contribution is 7.89. The molecule has 0 radical (unpaired) electrons. The van der Waals surface area contributed by atoms with Crippen LogP contribution in [0.4, 0.5) is 10.1 Å². The minimum atomic E-state index is -3.95. The van der Waals surface area contributed by atoms with Crippen LogP contribution in [0.1, 0.15) is 47.1 Å². The molecule has 36 heavy (non-hydrogen) atoms. The Kier molecular flexibility index (Phi) is 7.46. The number of aryl methyl sites for hydroxylation is 1. The van der Waals surface area contributed by atoms with E-state index in [2.05, 4.69) is 10.5 Å². The molecule has 0 bridgehead atoms. The SMILES string of the molecule is CC(=O)c1cccc(NC(=O)C2CCN(S(=O)(=O)c3c(C)noc3/C=C/c3ccccc3F)CC2)c1. The summed E-state index contributed by atoms with van der Waals surface area (Å²) in [6.45, 7) is 3.28. The molecule has 1 saturated heterocycles. The van der Waals surface area contributed by atoms with E-state index >= 15 is 0 Å². The molecule has 0 saturated carbocycles. The van der Waals surface area contributed by atoms with E-state index in [1.807, 2.05) is 0 Å². The monoisotopic (exact) mass is 511 g/mol. The van der Waals surface area contributed by atoms with Crippen molar-refractivity contribution in [3.8, 4) is 0 Å². The number of carbonyl (C=O) groups excluding carboxylic acids is 2. The molecular formula is C26H26FN3O5S. The van der Waals surface area contributed by atoms with Crippen LogP contribution in [0.5, 0.6) is 0 Å². The van der Waals surface area contributed by atoms with Crippen LogP contribution in [0.3, 0.4) is 0 Å². The number of aromatic nitrogens is 1. The third kappa shape index (κ3) is 5.44. The second kappa shape index (κ2) is 10.5. The maximum absolute atomic E-state index is 13.9. The number of Topliss-reactive ketones (excluding diaryl/α,β-unsaturated/α-hetero) is 1. The van der Waals surface area contributed by atoms with Crippen LogP contribution in [-0.2, 0) is 14.8 Å². The van der Waals surface area contributed by atoms with Gasteiger partial charge in [0.05, 0.1) is 0 Å². The Balaban J connectivity index is 1.45. The van der Waals surface area contributed by atoms with Crippen molar-refractivity contribution in [1.29, 1.82) is 0 Å². The molecule has 2 aromatic carbocycles. The molecule has 0 unspecified atom stereocenters. The first kappa shape index (κ1) is 25.5. The number of anilines is 1. The number of hydrogen-bond donors (Lipinski definition) is 1. The minimum Gasteiger partial charge on any atom is -0.355 e. The highest BCUT2D eigenvalue weighted by Gasteiger charge is 2.36. The first-order valence-electron chi connectivity index (χ1n) is 11.5. The van der Waals surface area contributed by atoms with Crippen molar-refractivity contribution in [2.24, 2.45) is 5.92 Å². The van der Waals surface area contributed by atoms with Gasteiger partial charge in [0.25, 0.3) is 0 Å². The summed E-state index contributed by atoms with van der Waals surface area (Å²) in [5.41, 5.74) is 1.51. The van der Waals surface area contributed by atoms with Crippen molar-refractivity contribution in [1.82, 2.24) is 9.46 Å². The van der Waals surface area contributed by atoms with Gasteiger partial charge in [-0.2, -0.15) is 4.31 Å². The van der Waals surface area contributed by atoms with Gasteiger partial charge in [0.1, 0.15) is 11.5 Å². The molecule has 0 atom stereocenters. The van der Waals surface area contributed by atoms with Crippen LogP contribution < -0.4 is 5.32 Å². The van der Waals surface area contributed by atoms with Gasteiger partial charge in [-0.25, -0.2) is 12.8 Å². The first-order chi connectivity index (χ1) is 17.2. The number of nitrogens with one attached hydrogen (secondary N) is 1. The maximum Gasteiger partial charge on any atom is 0.248 e. The Morgan fingerprint density at radius 2 is 1.83 bits per heavy atom. The maximum atomic E-state index is 13.9. The molecule has 4 rings (SSSR count). The minimum absolute atomic E-state index is 0.0148. The average molecular weight is 512 g/mol. The van der Waals surface area contributed by atoms with Crippen LogP contribution in [-0.4, -0.2) is 42.7 Å². The number of nitrogens with zero attached hydrogens (tertiary/aromatic N) is 2. The molecule has 8 nitrogen and oxygen atoms in total. The highest BCUT2D eigenvalue weighted by atomic mass is 32.2. The van der Waals surface area contributed by atoms with Crippen molar-refractivity contribution >= 4 is 39.6 Å². The standard InChI is InChI=1S/C26H26FN3O5S/c1-17-25(24(35-29-17)11-10-19-6-3-4-9-23(19)27)36(33,34)30-14-12-20(13-15-30)26(32)28-22-8-5-7-21(16-22)18(2)31/h3-11,16,20H,12-15H2,1-2H3,(H,28,32)/b11-10+. The number of benzene rings is 2. The molecule has 2 heterocycles. The van der Waals surface area contributed by atoms with Gasteiger partial charge in [0.15, 0.2) is 16.4 Å². The second-order valence-corrected chi connectivity index (χ2v) is 10.5. The molecule has 1 fully saturated rings. The zero-order valence-corrected chi connectivity index (χ0v) is 20.7. The van der Waals surface area contributed by atoms with Gasteiger partial charge in [-0.1, -0.05) is 35.5 Å². The zero-order chi connectivity index (χ0) is 25.9. The highest BCUT2D eigenvalue weighted by Crippen LogP contribution is 2.30. The Bertz CT molecular complexity index is 1420. The van der Waals surface area contributed by atoms with Crippen molar-refractivity contribution in [2.75, 3.05) is 18.4 Å². The van der Waals surface area contributed by atoms with E-state index < -0.39 is 15.8 Å². The molecule has 1 aliphatic heterocycles. The Morgan fingerprint density at radius 3 is 2.53 bits per heavy atom. The predicted octanol–water partition coefficient (Wildman–Crippen LogP) is 4.53. The van der Waals surface area contributed by atoms with Gasteiger partial charge in [-0.3, -0.25) is 9.59 Å². The van der Waals surface area contributed by atoms with Crippen LogP contribution in [0.15, 0.2) is 57.9 Å². The molecule has 10 heteroatoms. The third-order valence-corrected chi connectivity index (χ3v) is 8.17. The number of sulfonamides is 1. The smallest absolute Gasteiger partial charge is 0.248 e. The lowest BCUT2D eigenvalue weighted by atomic mass is 9.97. The van der Waals surface area contributed by atoms with Gasteiger partial charge in [-0.15, -0.1) is 0 Å². The Labute approximate surface area is 208 Å². The number of halogens is 1. The molecule has 0 aliphatic carbocycles. The van der Waals surface area contributed by atoms with E-state index in [9.17, 15) is 22.4 Å². The van der Waals surface area contributed by atoms with E-state index in [4.69, 9.17) is 4.52 Å². The van der Waals surface area contributed by atoms with Crippen molar-refractivity contribution in [2.45, 2.75) is 31.6 Å². The Hall–Kier alpha value is -3.63. The van der Waals surface area contributed by atoms with E-state index in [-0.39, 0.29) is 52.6 Å². The number of rotatable bonds is 7. The summed E-state index contributed by atoms with van der Waals surface area (Å²) in [5.74, 6) is -1.12. The van der Waals surface area contributed by atoms with Crippen LogP contribution >= 0.6 is 0 Å². The molecule has 1 aliphatic rings. The van der Waals surface area contributed by atoms with Crippen LogP contribution in [0, 0.1) is 18.7 Å². The third-order valence-electron chi connectivity index (χ3n) is 6.11. The van der Waals surface area contributed by atoms with Crippen molar-refractivity contribution in [3.05, 3.63) is 76.9 Å². The zero-order valence-electron chi connectivity index (χ0n) is 19.9. The second-order valence-electron chi connectivity index (χ2n) is 8.62. The van der Waals surface area contributed by atoms with E-state index in [1.54, 1.807) is 42.5 Å². The lowest BCUT2D eigenvalue weighted by Crippen LogP contribution is -2.41. The summed E-state index contributed by atoms with van der Waals surface area (Å²) in [6, 6.07) is 12.8. The van der Waals surface area contributed by atoms with E-state index in [0.29, 0.717) is 24.1 Å². The van der Waals surface area contributed by atoms with E-state index in [1.165, 1.54) is 36.4 Å². The fraction of sp³-hybridized carbons (Fsp3) is 0.269. The number of piperidine rings is 1. The summed E-state index contributed by atoms with van der Waals surface area (Å²) in [7, 11) is -3.95. The number of carbonyl (C=O) groups is 2. The van der Waals surface area contributed by atoms with Crippen LogP contribution in [0.25, 0.3) is 12.2 Å². The predicted molar refractivity (Wildman–Crippen MR) is 133 cm³/mol. The topological polar surface area (TPSA) is 110 Å².